The molecule has 1 unspecified atom stereocenters. The molecule has 0 saturated heterocycles. The minimum atomic E-state index is -0.782. The van der Waals surface area contributed by atoms with E-state index in [-0.39, 0.29) is 16.6 Å². The quantitative estimate of drug-likeness (QED) is 0.312. The molecule has 0 spiro atoms. The molecule has 10 nitrogen and oxygen atoms in total. The zero-order valence-electron chi connectivity index (χ0n) is 20.6. The lowest BCUT2D eigenvalue weighted by molar-refractivity contribution is -0.136. The van der Waals surface area contributed by atoms with Crippen LogP contribution in [0, 0.1) is 0 Å². The molecule has 0 bridgehead atoms. The van der Waals surface area contributed by atoms with Crippen molar-refractivity contribution >= 4 is 29.1 Å². The number of nitrogens with zero attached hydrogens (tertiary/aromatic N) is 8. The van der Waals surface area contributed by atoms with Gasteiger partial charge >= 0.3 is 0 Å². The van der Waals surface area contributed by atoms with Gasteiger partial charge < -0.3 is 9.47 Å². The summed E-state index contributed by atoms with van der Waals surface area (Å²) in [5.41, 5.74) is 2.12. The number of rotatable bonds is 6. The molecule has 0 radical (unpaired) electrons. The summed E-state index contributed by atoms with van der Waals surface area (Å²) in [4.78, 5) is 38.2. The Kier molecular flexibility index (Phi) is 6.72. The maximum Gasteiger partial charge on any atom is 0.254 e. The maximum atomic E-state index is 13.9. The number of benzene rings is 2. The highest BCUT2D eigenvalue weighted by atomic mass is 35.5. The van der Waals surface area contributed by atoms with Crippen molar-refractivity contribution in [2.45, 2.75) is 25.6 Å². The molecule has 12 heteroatoms. The van der Waals surface area contributed by atoms with E-state index in [4.69, 9.17) is 23.2 Å². The smallest absolute Gasteiger partial charge is 0.254 e. The van der Waals surface area contributed by atoms with E-state index in [2.05, 4.69) is 20.3 Å². The maximum absolute atomic E-state index is 13.9. The van der Waals surface area contributed by atoms with Gasteiger partial charge in [-0.3, -0.25) is 14.2 Å². The first kappa shape index (κ1) is 25.0. The molecule has 1 amide bonds. The SMILES string of the molecule is O=C(C(Cc1ccccc1)n1cnc(-c2cc(Cl)ccc2-n2cc(Cl)nn2)cc1=O)N1CCn2ccnc2C1. The molecule has 4 heterocycles. The van der Waals surface area contributed by atoms with Crippen molar-refractivity contribution in [1.82, 2.24) is 39.0 Å². The summed E-state index contributed by atoms with van der Waals surface area (Å²) < 4.78 is 4.92. The van der Waals surface area contributed by atoms with Crippen LogP contribution in [0.5, 0.6) is 0 Å². The van der Waals surface area contributed by atoms with E-state index < -0.39 is 6.04 Å². The van der Waals surface area contributed by atoms with Gasteiger partial charge in [-0.15, -0.1) is 5.10 Å². The molecule has 2 aromatic carbocycles. The number of hydrogen-bond donors (Lipinski definition) is 0. The van der Waals surface area contributed by atoms with Crippen molar-refractivity contribution in [3.8, 4) is 16.9 Å². The fourth-order valence-corrected chi connectivity index (χ4v) is 5.08. The number of carbonyl (C=O) groups is 1. The molecular formula is C27H22Cl2N8O2. The fourth-order valence-electron chi connectivity index (χ4n) is 4.78. The van der Waals surface area contributed by atoms with Crippen LogP contribution in [0.15, 0.2) is 84.3 Å². The molecule has 0 aliphatic carbocycles. The largest absolute Gasteiger partial charge is 0.332 e. The molecule has 0 N–H and O–H groups in total. The number of halogens is 2. The first-order valence-corrected chi connectivity index (χ1v) is 13.0. The molecule has 1 aliphatic heterocycles. The number of aromatic nitrogens is 7. The van der Waals surface area contributed by atoms with Crippen LogP contribution >= 0.6 is 23.2 Å². The summed E-state index contributed by atoms with van der Waals surface area (Å²) in [6.07, 6.45) is 6.95. The Balaban J connectivity index is 1.38. The van der Waals surface area contributed by atoms with Crippen LogP contribution in [0.4, 0.5) is 0 Å². The summed E-state index contributed by atoms with van der Waals surface area (Å²) in [7, 11) is 0. The van der Waals surface area contributed by atoms with Crippen LogP contribution in [0.3, 0.4) is 0 Å². The predicted octanol–water partition coefficient (Wildman–Crippen LogP) is 3.82. The van der Waals surface area contributed by atoms with Gasteiger partial charge in [-0.2, -0.15) is 0 Å². The van der Waals surface area contributed by atoms with Gasteiger partial charge in [0.1, 0.15) is 11.9 Å². The van der Waals surface area contributed by atoms with Crippen LogP contribution in [-0.4, -0.2) is 51.4 Å². The summed E-state index contributed by atoms with van der Waals surface area (Å²) in [5.74, 6) is 0.654. The highest BCUT2D eigenvalue weighted by Gasteiger charge is 2.30. The van der Waals surface area contributed by atoms with E-state index in [1.165, 1.54) is 21.6 Å². The van der Waals surface area contributed by atoms with E-state index in [1.807, 2.05) is 41.1 Å². The van der Waals surface area contributed by atoms with Crippen LogP contribution in [0.25, 0.3) is 16.9 Å². The van der Waals surface area contributed by atoms with Gasteiger partial charge in [0.2, 0.25) is 5.91 Å². The van der Waals surface area contributed by atoms with Crippen LogP contribution in [0.2, 0.25) is 10.2 Å². The molecule has 0 fully saturated rings. The van der Waals surface area contributed by atoms with Crippen molar-refractivity contribution in [2.75, 3.05) is 6.54 Å². The summed E-state index contributed by atoms with van der Waals surface area (Å²) in [6, 6.07) is 15.4. The van der Waals surface area contributed by atoms with Gasteiger partial charge in [0.25, 0.3) is 5.56 Å². The number of hydrogen-bond acceptors (Lipinski definition) is 6. The molecule has 196 valence electrons. The number of imidazole rings is 1. The zero-order chi connectivity index (χ0) is 26.9. The van der Waals surface area contributed by atoms with Gasteiger partial charge in [-0.1, -0.05) is 58.7 Å². The Hall–Kier alpha value is -4.28. The molecule has 5 aromatic rings. The third-order valence-corrected chi connectivity index (χ3v) is 7.14. The number of amides is 1. The average molecular weight is 561 g/mol. The Morgan fingerprint density at radius 2 is 1.87 bits per heavy atom. The van der Waals surface area contributed by atoms with E-state index in [0.717, 1.165) is 11.4 Å². The van der Waals surface area contributed by atoms with Crippen molar-refractivity contribution in [2.24, 2.45) is 0 Å². The topological polar surface area (TPSA) is 104 Å². The van der Waals surface area contributed by atoms with E-state index in [1.54, 1.807) is 35.5 Å². The number of fused-ring (bicyclic) bond motifs is 1. The fraction of sp³-hybridized carbons (Fsp3) is 0.185. The van der Waals surface area contributed by atoms with Crippen LogP contribution < -0.4 is 5.56 Å². The second-order valence-electron chi connectivity index (χ2n) is 9.17. The highest BCUT2D eigenvalue weighted by molar-refractivity contribution is 6.31. The minimum Gasteiger partial charge on any atom is -0.332 e. The second-order valence-corrected chi connectivity index (χ2v) is 9.99. The predicted molar refractivity (Wildman–Crippen MR) is 146 cm³/mol. The van der Waals surface area contributed by atoms with Crippen molar-refractivity contribution in [3.63, 3.8) is 0 Å². The molecule has 6 rings (SSSR count). The van der Waals surface area contributed by atoms with Gasteiger partial charge in [0, 0.05) is 48.6 Å². The Labute approximate surface area is 233 Å². The van der Waals surface area contributed by atoms with Crippen molar-refractivity contribution < 1.29 is 4.79 Å². The molecule has 3 aromatic heterocycles. The molecule has 0 saturated carbocycles. The Morgan fingerprint density at radius 3 is 2.64 bits per heavy atom. The third-order valence-electron chi connectivity index (χ3n) is 6.73. The zero-order valence-corrected chi connectivity index (χ0v) is 22.1. The average Bonchev–Trinajstić information content (AvgIpc) is 3.60. The van der Waals surface area contributed by atoms with E-state index in [0.29, 0.717) is 48.0 Å². The van der Waals surface area contributed by atoms with Gasteiger partial charge in [0.15, 0.2) is 5.15 Å². The lowest BCUT2D eigenvalue weighted by Gasteiger charge is -2.31. The van der Waals surface area contributed by atoms with Gasteiger partial charge in [-0.25, -0.2) is 14.6 Å². The lowest BCUT2D eigenvalue weighted by atomic mass is 10.0. The second kappa shape index (κ2) is 10.5. The van der Waals surface area contributed by atoms with E-state index in [9.17, 15) is 9.59 Å². The normalized spacial score (nSPS) is 13.7. The molecule has 39 heavy (non-hydrogen) atoms. The van der Waals surface area contributed by atoms with Crippen molar-refractivity contribution in [1.29, 1.82) is 0 Å². The van der Waals surface area contributed by atoms with Crippen molar-refractivity contribution in [3.05, 3.63) is 111 Å². The monoisotopic (exact) mass is 560 g/mol. The highest BCUT2D eigenvalue weighted by Crippen LogP contribution is 2.28. The Morgan fingerprint density at radius 1 is 1.03 bits per heavy atom. The lowest BCUT2D eigenvalue weighted by Crippen LogP contribution is -2.44. The summed E-state index contributed by atoms with van der Waals surface area (Å²) in [6.45, 7) is 1.55. The van der Waals surface area contributed by atoms with Gasteiger partial charge in [-0.05, 0) is 23.8 Å². The molecular weight excluding hydrogens is 539 g/mol. The molecule has 1 aliphatic rings. The van der Waals surface area contributed by atoms with Crippen LogP contribution in [-0.2, 0) is 24.3 Å². The third kappa shape index (κ3) is 5.08. The van der Waals surface area contributed by atoms with E-state index >= 15 is 0 Å². The summed E-state index contributed by atoms with van der Waals surface area (Å²) >= 11 is 12.3. The first-order valence-electron chi connectivity index (χ1n) is 12.3. The standard InChI is InChI=1S/C27H22Cl2N8O2/c28-19-6-7-22(37-15-24(29)32-33-37)20(13-19)21-14-26(38)36(17-31-21)23(12-18-4-2-1-3-5-18)27(39)35-11-10-34-9-8-30-25(34)16-35/h1-9,13-15,17,23H,10-12,16H2. The first-order chi connectivity index (χ1) is 19.0. The Bertz CT molecular complexity index is 1710. The number of carbonyl (C=O) groups excluding carboxylic acids is 1. The van der Waals surface area contributed by atoms with Crippen LogP contribution in [0.1, 0.15) is 17.4 Å². The minimum absolute atomic E-state index is 0.162. The van der Waals surface area contributed by atoms with Gasteiger partial charge in [0.05, 0.1) is 30.5 Å². The molecule has 1 atom stereocenters. The summed E-state index contributed by atoms with van der Waals surface area (Å²) in [5, 5.41) is 8.55.